The predicted molar refractivity (Wildman–Crippen MR) is 66.1 cm³/mol. The van der Waals surface area contributed by atoms with Gasteiger partial charge in [0.15, 0.2) is 0 Å². The number of carbonyl (C=O) groups excluding carboxylic acids is 1. The molecule has 1 aromatic carbocycles. The molecule has 0 N–H and O–H groups in total. The largest absolute Gasteiger partial charge is 0.299 e. The van der Waals surface area contributed by atoms with Crippen molar-refractivity contribution in [1.82, 2.24) is 0 Å². The Hall–Kier alpha value is -1.11. The Morgan fingerprint density at radius 2 is 1.60 bits per heavy atom. The smallest absolute Gasteiger partial charge is 0.136 e. The minimum absolute atomic E-state index is 0.0381. The maximum absolute atomic E-state index is 10.9. The molecule has 1 atom stereocenters. The maximum Gasteiger partial charge on any atom is 0.136 e. The van der Waals surface area contributed by atoms with Crippen LogP contribution in [0.4, 0.5) is 0 Å². The number of unbranched alkanes of at least 4 members (excludes halogenated alkanes) is 1. The van der Waals surface area contributed by atoms with Gasteiger partial charge in [-0.25, -0.2) is 0 Å². The van der Waals surface area contributed by atoms with Gasteiger partial charge in [-0.05, 0) is 12.5 Å². The first-order valence-electron chi connectivity index (χ1n) is 5.68. The highest BCUT2D eigenvalue weighted by atomic mass is 16.1. The van der Waals surface area contributed by atoms with E-state index in [2.05, 4.69) is 13.8 Å². The minimum Gasteiger partial charge on any atom is -0.299 e. The summed E-state index contributed by atoms with van der Waals surface area (Å²) in [5, 5.41) is 0. The molecule has 0 amide bonds. The molecule has 15 heavy (non-hydrogen) atoms. The zero-order chi connectivity index (χ0) is 11.7. The van der Waals surface area contributed by atoms with Crippen LogP contribution in [0.15, 0.2) is 30.3 Å². The van der Waals surface area contributed by atoms with Crippen LogP contribution in [0.5, 0.6) is 0 Å². The Balaban J connectivity index is 0.000000423. The molecule has 0 aliphatic rings. The highest BCUT2D eigenvalue weighted by Crippen LogP contribution is 2.14. The fourth-order valence-electron chi connectivity index (χ4n) is 0.976. The van der Waals surface area contributed by atoms with Crippen LogP contribution in [0, 0.1) is 0 Å². The molecule has 1 unspecified atom stereocenters. The van der Waals surface area contributed by atoms with E-state index in [-0.39, 0.29) is 11.7 Å². The monoisotopic (exact) mass is 206 g/mol. The summed E-state index contributed by atoms with van der Waals surface area (Å²) in [7, 11) is 0. The molecule has 1 aromatic rings. The highest BCUT2D eigenvalue weighted by Gasteiger charge is 2.08. The average Bonchev–Trinajstić information content (AvgIpc) is 2.29. The molecule has 1 rings (SSSR count). The van der Waals surface area contributed by atoms with Crippen LogP contribution in [0.2, 0.25) is 0 Å². The molecule has 0 aromatic heterocycles. The molecule has 0 spiro atoms. The van der Waals surface area contributed by atoms with E-state index in [1.807, 2.05) is 37.3 Å². The lowest BCUT2D eigenvalue weighted by molar-refractivity contribution is -0.118. The number of Topliss-reactive ketones (excluding diaryl/α,β-unsaturated/α-hetero) is 1. The van der Waals surface area contributed by atoms with E-state index in [0.29, 0.717) is 0 Å². The summed E-state index contributed by atoms with van der Waals surface area (Å²) in [6, 6.07) is 9.82. The van der Waals surface area contributed by atoms with Crippen LogP contribution in [0.3, 0.4) is 0 Å². The van der Waals surface area contributed by atoms with Crippen LogP contribution in [0.1, 0.15) is 52.0 Å². The van der Waals surface area contributed by atoms with Gasteiger partial charge in [-0.1, -0.05) is 63.9 Å². The van der Waals surface area contributed by atoms with Crippen molar-refractivity contribution in [3.05, 3.63) is 35.9 Å². The number of hydrogen-bond donors (Lipinski definition) is 0. The standard InChI is InChI=1S/C10H12O.C4H10/c1-8(9(2)11)10-6-4-3-5-7-10;1-3-4-2/h3-8H,1-2H3;3-4H2,1-2H3. The third kappa shape index (κ3) is 6.05. The van der Waals surface area contributed by atoms with Gasteiger partial charge < -0.3 is 0 Å². The number of ketones is 1. The topological polar surface area (TPSA) is 17.1 Å². The van der Waals surface area contributed by atoms with Crippen LogP contribution in [0.25, 0.3) is 0 Å². The summed E-state index contributed by atoms with van der Waals surface area (Å²) >= 11 is 0. The molecule has 0 heterocycles. The fourth-order valence-corrected chi connectivity index (χ4v) is 0.976. The Labute approximate surface area is 93.5 Å². The number of rotatable bonds is 3. The number of hydrogen-bond acceptors (Lipinski definition) is 1. The quantitative estimate of drug-likeness (QED) is 0.725. The Bertz CT molecular complexity index is 262. The molecule has 0 fully saturated rings. The van der Waals surface area contributed by atoms with E-state index in [9.17, 15) is 4.79 Å². The minimum atomic E-state index is 0.0381. The normalized spacial score (nSPS) is 11.2. The molecule has 84 valence electrons. The third-order valence-electron chi connectivity index (χ3n) is 2.41. The molecule has 0 saturated heterocycles. The van der Waals surface area contributed by atoms with E-state index in [1.54, 1.807) is 6.92 Å². The van der Waals surface area contributed by atoms with Crippen molar-refractivity contribution in [3.8, 4) is 0 Å². The predicted octanol–water partition coefficient (Wildman–Crippen LogP) is 4.19. The van der Waals surface area contributed by atoms with Crippen molar-refractivity contribution >= 4 is 5.78 Å². The summed E-state index contributed by atoms with van der Waals surface area (Å²) in [6.07, 6.45) is 2.64. The molecule has 0 aliphatic heterocycles. The van der Waals surface area contributed by atoms with Crippen LogP contribution < -0.4 is 0 Å². The first kappa shape index (κ1) is 13.9. The third-order valence-corrected chi connectivity index (χ3v) is 2.41. The Morgan fingerprint density at radius 3 is 1.93 bits per heavy atom. The van der Waals surface area contributed by atoms with Gasteiger partial charge in [-0.15, -0.1) is 0 Å². The van der Waals surface area contributed by atoms with Gasteiger partial charge in [0.25, 0.3) is 0 Å². The number of carbonyl (C=O) groups is 1. The molecular formula is C14H22O. The van der Waals surface area contributed by atoms with Crippen molar-refractivity contribution in [2.45, 2.75) is 46.5 Å². The van der Waals surface area contributed by atoms with Crippen LogP contribution in [-0.4, -0.2) is 5.78 Å². The first-order valence-corrected chi connectivity index (χ1v) is 5.68. The van der Waals surface area contributed by atoms with Gasteiger partial charge in [-0.3, -0.25) is 4.79 Å². The molecule has 1 nitrogen and oxygen atoms in total. The lowest BCUT2D eigenvalue weighted by Gasteiger charge is -2.05. The fraction of sp³-hybridized carbons (Fsp3) is 0.500. The number of benzene rings is 1. The zero-order valence-corrected chi connectivity index (χ0v) is 10.3. The second-order valence-corrected chi connectivity index (χ2v) is 3.74. The summed E-state index contributed by atoms with van der Waals surface area (Å²) in [5.74, 6) is 0.257. The van der Waals surface area contributed by atoms with E-state index in [4.69, 9.17) is 0 Å². The van der Waals surface area contributed by atoms with Gasteiger partial charge >= 0.3 is 0 Å². The second kappa shape index (κ2) is 8.22. The van der Waals surface area contributed by atoms with Gasteiger partial charge in [0, 0.05) is 5.92 Å². The van der Waals surface area contributed by atoms with Crippen molar-refractivity contribution in [2.24, 2.45) is 0 Å². The van der Waals surface area contributed by atoms with E-state index in [0.717, 1.165) is 5.56 Å². The van der Waals surface area contributed by atoms with Crippen molar-refractivity contribution in [3.63, 3.8) is 0 Å². The molecule has 0 aliphatic carbocycles. The molecule has 0 bridgehead atoms. The van der Waals surface area contributed by atoms with Gasteiger partial charge in [0.05, 0.1) is 0 Å². The lowest BCUT2D eigenvalue weighted by atomic mass is 9.98. The van der Waals surface area contributed by atoms with E-state index in [1.165, 1.54) is 12.8 Å². The van der Waals surface area contributed by atoms with Crippen molar-refractivity contribution < 1.29 is 4.79 Å². The van der Waals surface area contributed by atoms with Crippen molar-refractivity contribution in [2.75, 3.05) is 0 Å². The molecule has 0 saturated carbocycles. The van der Waals surface area contributed by atoms with Crippen molar-refractivity contribution in [1.29, 1.82) is 0 Å². The summed E-state index contributed by atoms with van der Waals surface area (Å²) < 4.78 is 0. The average molecular weight is 206 g/mol. The molecule has 1 heteroatoms. The van der Waals surface area contributed by atoms with Gasteiger partial charge in [0.1, 0.15) is 5.78 Å². The summed E-state index contributed by atoms with van der Waals surface area (Å²) in [5.41, 5.74) is 1.10. The molecular weight excluding hydrogens is 184 g/mol. The van der Waals surface area contributed by atoms with Crippen LogP contribution in [-0.2, 0) is 4.79 Å². The van der Waals surface area contributed by atoms with Gasteiger partial charge in [-0.2, -0.15) is 0 Å². The first-order chi connectivity index (χ1) is 7.13. The van der Waals surface area contributed by atoms with E-state index < -0.39 is 0 Å². The summed E-state index contributed by atoms with van der Waals surface area (Å²) in [6.45, 7) is 7.91. The van der Waals surface area contributed by atoms with Crippen LogP contribution >= 0.6 is 0 Å². The summed E-state index contributed by atoms with van der Waals surface area (Å²) in [4.78, 5) is 10.9. The Kier molecular flexibility index (Phi) is 7.61. The second-order valence-electron chi connectivity index (χ2n) is 3.74. The zero-order valence-electron chi connectivity index (χ0n) is 10.3. The SMILES string of the molecule is CC(=O)C(C)c1ccccc1.CCCC. The highest BCUT2D eigenvalue weighted by molar-refractivity contribution is 5.82. The molecule has 0 radical (unpaired) electrons. The Morgan fingerprint density at radius 1 is 1.13 bits per heavy atom. The lowest BCUT2D eigenvalue weighted by Crippen LogP contribution is -2.03. The van der Waals surface area contributed by atoms with E-state index >= 15 is 0 Å². The van der Waals surface area contributed by atoms with Gasteiger partial charge in [0.2, 0.25) is 0 Å². The maximum atomic E-state index is 10.9.